The highest BCUT2D eigenvalue weighted by atomic mass is 32.1. The summed E-state index contributed by atoms with van der Waals surface area (Å²) in [6, 6.07) is 24.7. The number of hydroxylamine groups is 2. The second kappa shape index (κ2) is 13.8. The van der Waals surface area contributed by atoms with Crippen molar-refractivity contribution >= 4 is 27.3 Å². The Balaban J connectivity index is 0.948. The zero-order valence-corrected chi connectivity index (χ0v) is 28.8. The first-order valence-corrected chi connectivity index (χ1v) is 17.0. The molecule has 1 aromatic heterocycles. The summed E-state index contributed by atoms with van der Waals surface area (Å²) < 4.78 is 18.7. The summed E-state index contributed by atoms with van der Waals surface area (Å²) in [6.45, 7) is 9.79. The predicted molar refractivity (Wildman–Crippen MR) is 190 cm³/mol. The van der Waals surface area contributed by atoms with Gasteiger partial charge in [0.1, 0.15) is 17.5 Å². The molecular weight excluding hydrogens is 625 g/mol. The van der Waals surface area contributed by atoms with Crippen molar-refractivity contribution in [1.29, 1.82) is 0 Å². The van der Waals surface area contributed by atoms with Crippen LogP contribution in [0.25, 0.3) is 20.8 Å². The molecule has 5 aromatic rings. The lowest BCUT2D eigenvalue weighted by molar-refractivity contribution is -0.0966. The molecule has 7 rings (SSSR count). The second-order valence-corrected chi connectivity index (χ2v) is 13.3. The summed E-state index contributed by atoms with van der Waals surface area (Å²) in [5.41, 5.74) is 8.37. The standard InChI is InChI=1S/C38H40N4O5S/c1-24-10-11-28(38-39-30-8-6-7-9-37(30)48-38)20-33(24)47-42-16-14-41(15-17-42)23-45-36-19-27(12-13-32(36)43-4)35-22-31(40-46-35)29-18-25(2)26(3)34(21-29)44-5/h6-13,18-21,35H,14-17,22-23H2,1-5H3. The summed E-state index contributed by atoms with van der Waals surface area (Å²) in [5, 5.41) is 7.46. The fraction of sp³-hybridized carbons (Fsp3) is 0.316. The summed E-state index contributed by atoms with van der Waals surface area (Å²) in [6.07, 6.45) is 0.445. The van der Waals surface area contributed by atoms with Gasteiger partial charge in [0.15, 0.2) is 23.4 Å². The lowest BCUT2D eigenvalue weighted by Crippen LogP contribution is -2.48. The molecule has 0 N–H and O–H groups in total. The van der Waals surface area contributed by atoms with E-state index in [-0.39, 0.29) is 6.10 Å². The zero-order valence-electron chi connectivity index (χ0n) is 28.0. The highest BCUT2D eigenvalue weighted by molar-refractivity contribution is 7.21. The summed E-state index contributed by atoms with van der Waals surface area (Å²) in [7, 11) is 3.35. The van der Waals surface area contributed by atoms with Crippen molar-refractivity contribution in [3.05, 3.63) is 101 Å². The number of methoxy groups -OCH3 is 2. The maximum atomic E-state index is 6.40. The van der Waals surface area contributed by atoms with Crippen molar-refractivity contribution in [2.45, 2.75) is 33.3 Å². The number of hydrogen-bond donors (Lipinski definition) is 0. The van der Waals surface area contributed by atoms with Crippen molar-refractivity contribution in [2.75, 3.05) is 47.1 Å². The van der Waals surface area contributed by atoms with E-state index in [2.05, 4.69) is 67.2 Å². The molecule has 0 saturated carbocycles. The van der Waals surface area contributed by atoms with Crippen LogP contribution in [-0.4, -0.2) is 67.8 Å². The second-order valence-electron chi connectivity index (χ2n) is 12.2. The first-order chi connectivity index (χ1) is 23.4. The van der Waals surface area contributed by atoms with Crippen LogP contribution < -0.4 is 19.0 Å². The first kappa shape index (κ1) is 31.9. The van der Waals surface area contributed by atoms with E-state index in [1.54, 1.807) is 25.6 Å². The van der Waals surface area contributed by atoms with Crippen LogP contribution >= 0.6 is 11.3 Å². The average Bonchev–Trinajstić information content (AvgIpc) is 3.78. The third-order valence-corrected chi connectivity index (χ3v) is 10.2. The van der Waals surface area contributed by atoms with Gasteiger partial charge in [0, 0.05) is 43.7 Å². The van der Waals surface area contributed by atoms with Gasteiger partial charge in [-0.15, -0.1) is 16.4 Å². The van der Waals surface area contributed by atoms with Crippen LogP contribution in [0.5, 0.6) is 23.0 Å². The maximum Gasteiger partial charge on any atom is 0.163 e. The summed E-state index contributed by atoms with van der Waals surface area (Å²) in [4.78, 5) is 19.4. The minimum atomic E-state index is -0.210. The van der Waals surface area contributed by atoms with E-state index >= 15 is 0 Å². The minimum Gasteiger partial charge on any atom is -0.496 e. The van der Waals surface area contributed by atoms with Gasteiger partial charge in [-0.25, -0.2) is 4.98 Å². The van der Waals surface area contributed by atoms with Crippen LogP contribution in [-0.2, 0) is 4.84 Å². The van der Waals surface area contributed by atoms with Gasteiger partial charge in [0.25, 0.3) is 0 Å². The number of nitrogens with zero attached hydrogens (tertiary/aromatic N) is 4. The van der Waals surface area contributed by atoms with E-state index in [1.165, 1.54) is 4.70 Å². The van der Waals surface area contributed by atoms with Crippen molar-refractivity contribution in [3.63, 3.8) is 0 Å². The van der Waals surface area contributed by atoms with Gasteiger partial charge in [-0.05, 0) is 85.5 Å². The smallest absolute Gasteiger partial charge is 0.163 e. The van der Waals surface area contributed by atoms with Gasteiger partial charge in [0.2, 0.25) is 0 Å². The number of ether oxygens (including phenoxy) is 3. The topological polar surface area (TPSA) is 77.9 Å². The monoisotopic (exact) mass is 664 g/mol. The van der Waals surface area contributed by atoms with Crippen molar-refractivity contribution in [3.8, 4) is 33.6 Å². The number of oxime groups is 1. The van der Waals surface area contributed by atoms with Gasteiger partial charge in [0.05, 0.1) is 30.1 Å². The molecule has 0 amide bonds. The van der Waals surface area contributed by atoms with Crippen molar-refractivity contribution in [2.24, 2.45) is 5.16 Å². The van der Waals surface area contributed by atoms with Crippen LogP contribution in [0.1, 0.15) is 40.3 Å². The highest BCUT2D eigenvalue weighted by Crippen LogP contribution is 2.37. The number of rotatable bonds is 10. The molecular formula is C38H40N4O5S. The molecule has 2 aliphatic rings. The molecule has 248 valence electrons. The number of benzene rings is 4. The van der Waals surface area contributed by atoms with Crippen LogP contribution in [0, 0.1) is 20.8 Å². The van der Waals surface area contributed by atoms with Crippen LogP contribution in [0.4, 0.5) is 0 Å². The van der Waals surface area contributed by atoms with Gasteiger partial charge in [-0.1, -0.05) is 35.5 Å². The fourth-order valence-electron chi connectivity index (χ4n) is 6.02. The van der Waals surface area contributed by atoms with E-state index < -0.39 is 0 Å². The quantitative estimate of drug-likeness (QED) is 0.150. The van der Waals surface area contributed by atoms with Crippen LogP contribution in [0.3, 0.4) is 0 Å². The van der Waals surface area contributed by atoms with Gasteiger partial charge in [-0.3, -0.25) is 4.90 Å². The average molecular weight is 665 g/mol. The third-order valence-electron chi connectivity index (χ3n) is 9.09. The summed E-state index contributed by atoms with van der Waals surface area (Å²) >= 11 is 1.70. The highest BCUT2D eigenvalue weighted by Gasteiger charge is 2.27. The molecule has 1 fully saturated rings. The largest absolute Gasteiger partial charge is 0.496 e. The number of piperazine rings is 1. The molecule has 2 aliphatic heterocycles. The maximum absolute atomic E-state index is 6.40. The minimum absolute atomic E-state index is 0.210. The molecule has 1 saturated heterocycles. The molecule has 1 atom stereocenters. The number of aromatic nitrogens is 1. The van der Waals surface area contributed by atoms with Gasteiger partial charge in [-0.2, -0.15) is 0 Å². The molecule has 0 radical (unpaired) electrons. The van der Waals surface area contributed by atoms with E-state index in [0.29, 0.717) is 24.7 Å². The lowest BCUT2D eigenvalue weighted by atomic mass is 9.97. The number of fused-ring (bicyclic) bond motifs is 1. The van der Waals surface area contributed by atoms with E-state index in [4.69, 9.17) is 28.9 Å². The molecule has 0 bridgehead atoms. The molecule has 10 heteroatoms. The Labute approximate surface area is 285 Å². The Hall–Kier alpha value is -4.64. The Kier molecular flexibility index (Phi) is 9.21. The number of thiazole rings is 1. The van der Waals surface area contributed by atoms with Gasteiger partial charge < -0.3 is 23.9 Å². The van der Waals surface area contributed by atoms with Crippen LogP contribution in [0.2, 0.25) is 0 Å². The Bertz CT molecular complexity index is 1930. The fourth-order valence-corrected chi connectivity index (χ4v) is 6.98. The lowest BCUT2D eigenvalue weighted by Gasteiger charge is -2.34. The Morgan fingerprint density at radius 2 is 1.58 bits per heavy atom. The predicted octanol–water partition coefficient (Wildman–Crippen LogP) is 7.72. The number of aryl methyl sites for hydroxylation is 2. The Morgan fingerprint density at radius 3 is 2.38 bits per heavy atom. The molecule has 0 spiro atoms. The molecule has 1 unspecified atom stereocenters. The van der Waals surface area contributed by atoms with Gasteiger partial charge >= 0.3 is 0 Å². The molecule has 3 heterocycles. The number of para-hydroxylation sites is 1. The Morgan fingerprint density at radius 1 is 0.792 bits per heavy atom. The first-order valence-electron chi connectivity index (χ1n) is 16.2. The molecule has 0 aliphatic carbocycles. The van der Waals surface area contributed by atoms with E-state index in [9.17, 15) is 0 Å². The van der Waals surface area contributed by atoms with Crippen LogP contribution in [0.15, 0.2) is 78.0 Å². The SMILES string of the molecule is COc1ccc(C2CC(c3cc(C)c(C)c(OC)c3)=NO2)cc1OCN1CCN(Oc2cc(-c3nc4ccccc4s3)ccc2C)CC1. The van der Waals surface area contributed by atoms with E-state index in [0.717, 1.165) is 87.3 Å². The molecule has 4 aromatic carbocycles. The molecule has 48 heavy (non-hydrogen) atoms. The molecule has 9 nitrogen and oxygen atoms in total. The van der Waals surface area contributed by atoms with Crippen molar-refractivity contribution < 1.29 is 23.9 Å². The van der Waals surface area contributed by atoms with E-state index in [1.807, 2.05) is 41.5 Å². The van der Waals surface area contributed by atoms with Crippen molar-refractivity contribution in [1.82, 2.24) is 14.9 Å². The normalized spacial score (nSPS) is 16.9. The summed E-state index contributed by atoms with van der Waals surface area (Å²) in [5.74, 6) is 3.08. The third kappa shape index (κ3) is 6.69. The zero-order chi connectivity index (χ0) is 33.2. The number of hydrogen-bond acceptors (Lipinski definition) is 10.